The van der Waals surface area contributed by atoms with Crippen LogP contribution < -0.4 is 0 Å². The highest BCUT2D eigenvalue weighted by atomic mass is 32.2. The van der Waals surface area contributed by atoms with Crippen molar-refractivity contribution in [3.8, 4) is 0 Å². The lowest BCUT2D eigenvalue weighted by molar-refractivity contribution is -0.706. The molecule has 2 heterocycles. The van der Waals surface area contributed by atoms with Crippen molar-refractivity contribution in [2.75, 3.05) is 33.7 Å². The Bertz CT molecular complexity index is 993. The second-order valence-corrected chi connectivity index (χ2v) is 8.99. The molecule has 144 valence electrons. The molecule has 2 saturated heterocycles. The molecule has 0 bridgehead atoms. The van der Waals surface area contributed by atoms with Gasteiger partial charge in [-0.05, 0) is 17.7 Å². The quantitative estimate of drug-likeness (QED) is 0.192. The van der Waals surface area contributed by atoms with Crippen LogP contribution in [0.3, 0.4) is 0 Å². The predicted molar refractivity (Wildman–Crippen MR) is 95.7 cm³/mol. The second kappa shape index (κ2) is 6.16. The van der Waals surface area contributed by atoms with Gasteiger partial charge >= 0.3 is 11.8 Å². The first kappa shape index (κ1) is 19.6. The summed E-state index contributed by atoms with van der Waals surface area (Å²) in [5.41, 5.74) is -0.102. The third-order valence-electron chi connectivity index (χ3n) is 5.38. The van der Waals surface area contributed by atoms with E-state index in [9.17, 15) is 27.4 Å². The van der Waals surface area contributed by atoms with Crippen LogP contribution in [0.4, 0.5) is 0 Å². The summed E-state index contributed by atoms with van der Waals surface area (Å²) < 4.78 is 32.6. The molecule has 0 aromatic heterocycles. The first-order chi connectivity index (χ1) is 12.4. The molecule has 0 aliphatic carbocycles. The van der Waals surface area contributed by atoms with E-state index in [0.29, 0.717) is 19.6 Å². The lowest BCUT2D eigenvalue weighted by atomic mass is 10.1. The summed E-state index contributed by atoms with van der Waals surface area (Å²) >= 11 is 0. The minimum atomic E-state index is -4.53. The molecule has 0 radical (unpaired) electrons. The van der Waals surface area contributed by atoms with Crippen LogP contribution in [0.2, 0.25) is 0 Å². The maximum atomic E-state index is 13.1. The monoisotopic (exact) mass is 394 g/mol. The van der Waals surface area contributed by atoms with Crippen LogP contribution in [0.25, 0.3) is 6.08 Å². The molecule has 2 atom stereocenters. The lowest BCUT2D eigenvalue weighted by Gasteiger charge is -2.15. The maximum absolute atomic E-state index is 13.1. The van der Waals surface area contributed by atoms with Crippen molar-refractivity contribution in [2.24, 2.45) is 0 Å². The van der Waals surface area contributed by atoms with Gasteiger partial charge in [-0.15, -0.1) is 0 Å². The van der Waals surface area contributed by atoms with Crippen LogP contribution >= 0.6 is 0 Å². The zero-order valence-corrected chi connectivity index (χ0v) is 16.2. The first-order valence-corrected chi connectivity index (χ1v) is 9.92. The second-order valence-electron chi connectivity index (χ2n) is 7.60. The number of likely N-dealkylation sites (N-methyl/N-ethyl adjacent to an activating group) is 2. The zero-order valence-electron chi connectivity index (χ0n) is 15.4. The molecule has 2 unspecified atom stereocenters. The number of rotatable bonds is 5. The lowest BCUT2D eigenvalue weighted by Crippen LogP contribution is -2.41. The Morgan fingerprint density at radius 1 is 1.11 bits per heavy atom. The standard InChI is InChI=1S/C18H21N2O6S/c1-12(21)15-11-20(15,3)18(23)14(17(22)19(2)8-9-19)10-13-6-4-5-7-16(13)27(24,25)26/h4-7,10,15H,8-9,11H2,1-3H3/q+1/p+1/b14-10-. The molecular formula is C18H22N2O6S+2. The van der Waals surface area contributed by atoms with Crippen LogP contribution in [-0.2, 0) is 24.5 Å². The van der Waals surface area contributed by atoms with Crippen molar-refractivity contribution < 1.29 is 36.3 Å². The van der Waals surface area contributed by atoms with Crippen LogP contribution in [-0.4, -0.2) is 79.3 Å². The summed E-state index contributed by atoms with van der Waals surface area (Å²) in [6, 6.07) is 5.10. The van der Waals surface area contributed by atoms with Gasteiger partial charge in [-0.25, -0.2) is 18.6 Å². The van der Waals surface area contributed by atoms with E-state index >= 15 is 0 Å². The molecule has 2 amide bonds. The van der Waals surface area contributed by atoms with E-state index in [0.717, 1.165) is 0 Å². The molecule has 0 spiro atoms. The number of benzene rings is 1. The average Bonchev–Trinajstić information content (AvgIpc) is 3.49. The number of ketones is 1. The van der Waals surface area contributed by atoms with Crippen LogP contribution in [0.5, 0.6) is 0 Å². The third kappa shape index (κ3) is 3.51. The molecule has 2 fully saturated rings. The maximum Gasteiger partial charge on any atom is 0.356 e. The summed E-state index contributed by atoms with van der Waals surface area (Å²) in [6.07, 6.45) is 1.22. The van der Waals surface area contributed by atoms with Crippen molar-refractivity contribution >= 4 is 33.8 Å². The number of hydrogen-bond donors (Lipinski definition) is 1. The van der Waals surface area contributed by atoms with Crippen LogP contribution in [0.1, 0.15) is 12.5 Å². The van der Waals surface area contributed by atoms with Crippen molar-refractivity contribution in [2.45, 2.75) is 17.9 Å². The molecule has 27 heavy (non-hydrogen) atoms. The number of quaternary nitrogens is 2. The Balaban J connectivity index is 2.10. The van der Waals surface area contributed by atoms with E-state index in [1.807, 2.05) is 0 Å². The van der Waals surface area contributed by atoms with Crippen LogP contribution in [0.15, 0.2) is 34.7 Å². The highest BCUT2D eigenvalue weighted by molar-refractivity contribution is 7.85. The number of carbonyl (C=O) groups excluding carboxylic acids is 3. The van der Waals surface area contributed by atoms with Gasteiger partial charge in [0, 0.05) is 6.92 Å². The Morgan fingerprint density at radius 3 is 2.19 bits per heavy atom. The summed E-state index contributed by atoms with van der Waals surface area (Å²) in [5.74, 6) is -1.07. The van der Waals surface area contributed by atoms with Gasteiger partial charge in [0.05, 0.1) is 14.1 Å². The van der Waals surface area contributed by atoms with Crippen molar-refractivity contribution in [1.29, 1.82) is 0 Å². The minimum absolute atomic E-state index is 0.0519. The van der Waals surface area contributed by atoms with Crippen LogP contribution in [0, 0.1) is 0 Å². The Kier molecular flexibility index (Phi) is 4.47. The van der Waals surface area contributed by atoms with E-state index < -0.39 is 28.0 Å². The summed E-state index contributed by atoms with van der Waals surface area (Å²) in [4.78, 5) is 37.4. The summed E-state index contributed by atoms with van der Waals surface area (Å²) in [6.45, 7) is 2.88. The van der Waals surface area contributed by atoms with E-state index in [1.165, 1.54) is 31.2 Å². The van der Waals surface area contributed by atoms with Gasteiger partial charge in [0.15, 0.2) is 11.4 Å². The summed E-state index contributed by atoms with van der Waals surface area (Å²) in [5, 5.41) is 0. The number of carbonyl (C=O) groups is 3. The number of Topliss-reactive ketones (excluding diaryl/α,β-unsaturated/α-hetero) is 1. The van der Waals surface area contributed by atoms with Gasteiger partial charge in [0.1, 0.15) is 24.5 Å². The van der Waals surface area contributed by atoms with Gasteiger partial charge in [0.25, 0.3) is 10.1 Å². The minimum Gasteiger partial charge on any atom is -0.293 e. The van der Waals surface area contributed by atoms with Crippen molar-refractivity contribution in [3.63, 3.8) is 0 Å². The molecule has 2 aliphatic heterocycles. The molecular weight excluding hydrogens is 372 g/mol. The van der Waals surface area contributed by atoms with Gasteiger partial charge in [0.2, 0.25) is 6.04 Å². The van der Waals surface area contributed by atoms with E-state index in [4.69, 9.17) is 0 Å². The summed E-state index contributed by atoms with van der Waals surface area (Å²) in [7, 11) is -1.24. The molecule has 1 aromatic carbocycles. The van der Waals surface area contributed by atoms with Crippen molar-refractivity contribution in [1.82, 2.24) is 0 Å². The van der Waals surface area contributed by atoms with E-state index in [1.54, 1.807) is 20.2 Å². The Morgan fingerprint density at radius 2 is 1.70 bits per heavy atom. The third-order valence-corrected chi connectivity index (χ3v) is 6.31. The number of amides is 2. The largest absolute Gasteiger partial charge is 0.356 e. The predicted octanol–water partition coefficient (Wildman–Crippen LogP) is 0.248. The van der Waals surface area contributed by atoms with Gasteiger partial charge in [-0.3, -0.25) is 9.35 Å². The fourth-order valence-electron chi connectivity index (χ4n) is 3.19. The fraction of sp³-hybridized carbons (Fsp3) is 0.389. The average molecular weight is 394 g/mol. The van der Waals surface area contributed by atoms with Gasteiger partial charge in [-0.1, -0.05) is 18.2 Å². The van der Waals surface area contributed by atoms with E-state index in [-0.39, 0.29) is 30.8 Å². The van der Waals surface area contributed by atoms with Crippen molar-refractivity contribution in [3.05, 3.63) is 35.4 Å². The Hall–Kier alpha value is -2.20. The highest BCUT2D eigenvalue weighted by Crippen LogP contribution is 2.34. The number of nitrogens with zero attached hydrogens (tertiary/aromatic N) is 2. The van der Waals surface area contributed by atoms with Gasteiger partial charge < -0.3 is 0 Å². The molecule has 1 aromatic rings. The number of hydrogen-bond acceptors (Lipinski definition) is 5. The topological polar surface area (TPSA) is 106 Å². The molecule has 9 heteroatoms. The fourth-order valence-corrected chi connectivity index (χ4v) is 3.87. The SMILES string of the molecule is CC(=O)C1C[N+]1(C)C(=O)/C(=C\c1ccccc1S(=O)(=O)O)C(=O)[N+]1(C)CC1. The van der Waals surface area contributed by atoms with E-state index in [2.05, 4.69) is 0 Å². The van der Waals surface area contributed by atoms with Gasteiger partial charge in [-0.2, -0.15) is 8.42 Å². The zero-order chi connectivity index (χ0) is 20.2. The normalized spacial score (nSPS) is 26.4. The molecule has 2 aliphatic rings. The molecule has 0 saturated carbocycles. The first-order valence-electron chi connectivity index (χ1n) is 8.48. The smallest absolute Gasteiger partial charge is 0.293 e. The molecule has 3 rings (SSSR count). The molecule has 8 nitrogen and oxygen atoms in total. The Labute approximate surface area is 157 Å². The molecule has 1 N–H and O–H groups in total. The highest BCUT2D eigenvalue weighted by Gasteiger charge is 2.63.